The number of halogens is 1. The predicted octanol–water partition coefficient (Wildman–Crippen LogP) is 4.61. The van der Waals surface area contributed by atoms with Gasteiger partial charge in [0.1, 0.15) is 10.9 Å². The first-order valence-corrected chi connectivity index (χ1v) is 12.8. The zero-order valence-electron chi connectivity index (χ0n) is 18.6. The minimum Gasteiger partial charge on any atom is -0.383 e. The molecule has 0 unspecified atom stereocenters. The maximum absolute atomic E-state index is 13.1. The zero-order valence-corrected chi connectivity index (χ0v) is 21.8. The standard InChI is InChI=1S/C25H24BrN3O3S2/c1-32-12-10-27-23(30)16-28-15-18(20-14-19(26)7-8-21(20)28)13-22-24(31)29(25(33)34-22)11-9-17-5-3-2-4-6-17/h2-8,13-15H,9-12,16H2,1H3,(H,27,30)/b22-13-. The Morgan fingerprint density at radius 2 is 2.03 bits per heavy atom. The summed E-state index contributed by atoms with van der Waals surface area (Å²) in [5.41, 5.74) is 2.94. The zero-order chi connectivity index (χ0) is 24.1. The number of thiocarbonyl (C=S) groups is 1. The molecule has 0 spiro atoms. The molecule has 9 heteroatoms. The number of amides is 2. The molecule has 3 aromatic rings. The molecule has 1 N–H and O–H groups in total. The van der Waals surface area contributed by atoms with Crippen LogP contribution in [0.5, 0.6) is 0 Å². The van der Waals surface area contributed by atoms with Crippen LogP contribution in [0.25, 0.3) is 17.0 Å². The van der Waals surface area contributed by atoms with Gasteiger partial charge in [-0.15, -0.1) is 0 Å². The van der Waals surface area contributed by atoms with Crippen molar-refractivity contribution in [3.8, 4) is 0 Å². The lowest BCUT2D eigenvalue weighted by molar-refractivity contribution is -0.122. The van der Waals surface area contributed by atoms with E-state index in [4.69, 9.17) is 17.0 Å². The molecule has 0 bridgehead atoms. The average Bonchev–Trinajstić information content (AvgIpc) is 3.28. The van der Waals surface area contributed by atoms with Gasteiger partial charge < -0.3 is 14.6 Å². The molecule has 1 aromatic heterocycles. The van der Waals surface area contributed by atoms with Crippen molar-refractivity contribution >= 4 is 73.0 Å². The van der Waals surface area contributed by atoms with Crippen molar-refractivity contribution in [2.75, 3.05) is 26.8 Å². The first-order valence-electron chi connectivity index (χ1n) is 10.8. The van der Waals surface area contributed by atoms with Gasteiger partial charge in [0.2, 0.25) is 5.91 Å². The molecule has 2 amide bonds. The van der Waals surface area contributed by atoms with E-state index >= 15 is 0 Å². The van der Waals surface area contributed by atoms with Crippen molar-refractivity contribution in [3.63, 3.8) is 0 Å². The summed E-state index contributed by atoms with van der Waals surface area (Å²) in [7, 11) is 1.60. The Morgan fingerprint density at radius 3 is 2.79 bits per heavy atom. The highest BCUT2D eigenvalue weighted by molar-refractivity contribution is 9.10. The summed E-state index contributed by atoms with van der Waals surface area (Å²) in [6.45, 7) is 1.63. The molecule has 0 saturated carbocycles. The Bertz CT molecular complexity index is 1260. The van der Waals surface area contributed by atoms with Gasteiger partial charge in [0.15, 0.2) is 0 Å². The molecule has 2 aromatic carbocycles. The van der Waals surface area contributed by atoms with Crippen LogP contribution in [-0.4, -0.2) is 52.4 Å². The fourth-order valence-electron chi connectivity index (χ4n) is 3.77. The molecule has 176 valence electrons. The number of nitrogens with one attached hydrogen (secondary N) is 1. The van der Waals surface area contributed by atoms with Gasteiger partial charge in [-0.1, -0.05) is 70.2 Å². The number of carbonyl (C=O) groups excluding carboxylic acids is 2. The number of carbonyl (C=O) groups is 2. The van der Waals surface area contributed by atoms with E-state index < -0.39 is 0 Å². The quantitative estimate of drug-likeness (QED) is 0.236. The highest BCUT2D eigenvalue weighted by Crippen LogP contribution is 2.35. The second-order valence-corrected chi connectivity index (χ2v) is 10.4. The summed E-state index contributed by atoms with van der Waals surface area (Å²) >= 11 is 10.4. The van der Waals surface area contributed by atoms with Gasteiger partial charge in [-0.25, -0.2) is 0 Å². The summed E-state index contributed by atoms with van der Waals surface area (Å²) in [6, 6.07) is 16.0. The average molecular weight is 559 g/mol. The highest BCUT2D eigenvalue weighted by atomic mass is 79.9. The minimum absolute atomic E-state index is 0.0841. The maximum Gasteiger partial charge on any atom is 0.266 e. The van der Waals surface area contributed by atoms with Crippen molar-refractivity contribution in [3.05, 3.63) is 75.2 Å². The molecule has 1 fully saturated rings. The number of aromatic nitrogens is 1. The van der Waals surface area contributed by atoms with E-state index in [0.717, 1.165) is 32.9 Å². The number of nitrogens with zero attached hydrogens (tertiary/aromatic N) is 2. The molecular formula is C25H24BrN3O3S2. The fraction of sp³-hybridized carbons (Fsp3) is 0.240. The summed E-state index contributed by atoms with van der Waals surface area (Å²) < 4.78 is 8.37. The molecule has 4 rings (SSSR count). The molecule has 2 heterocycles. The van der Waals surface area contributed by atoms with Crippen molar-refractivity contribution < 1.29 is 14.3 Å². The normalized spacial score (nSPS) is 15.0. The van der Waals surface area contributed by atoms with Gasteiger partial charge in [-0.2, -0.15) is 0 Å². The molecule has 0 radical (unpaired) electrons. The van der Waals surface area contributed by atoms with Gasteiger partial charge in [0.05, 0.1) is 11.5 Å². The van der Waals surface area contributed by atoms with E-state index in [-0.39, 0.29) is 18.4 Å². The molecule has 6 nitrogen and oxygen atoms in total. The molecule has 34 heavy (non-hydrogen) atoms. The van der Waals surface area contributed by atoms with Crippen LogP contribution in [0.3, 0.4) is 0 Å². The van der Waals surface area contributed by atoms with Crippen molar-refractivity contribution in [2.24, 2.45) is 0 Å². The molecule has 1 aliphatic rings. The first-order chi connectivity index (χ1) is 16.5. The van der Waals surface area contributed by atoms with Crippen LogP contribution >= 0.6 is 39.9 Å². The van der Waals surface area contributed by atoms with Gasteiger partial charge in [-0.05, 0) is 36.3 Å². The summed E-state index contributed by atoms with van der Waals surface area (Å²) in [6.07, 6.45) is 4.52. The summed E-state index contributed by atoms with van der Waals surface area (Å²) in [5, 5.41) is 3.80. The van der Waals surface area contributed by atoms with Crippen molar-refractivity contribution in [1.82, 2.24) is 14.8 Å². The second-order valence-electron chi connectivity index (χ2n) is 7.79. The third-order valence-electron chi connectivity index (χ3n) is 5.44. The van der Waals surface area contributed by atoms with E-state index in [1.165, 1.54) is 11.8 Å². The van der Waals surface area contributed by atoms with Crippen LogP contribution in [0.2, 0.25) is 0 Å². The van der Waals surface area contributed by atoms with Crippen LogP contribution in [-0.2, 0) is 27.3 Å². The SMILES string of the molecule is COCCNC(=O)Cn1cc(/C=C2\SC(=S)N(CCc3ccccc3)C2=O)c2cc(Br)ccc21. The molecular weight excluding hydrogens is 534 g/mol. The van der Waals surface area contributed by atoms with Gasteiger partial charge in [0.25, 0.3) is 5.91 Å². The predicted molar refractivity (Wildman–Crippen MR) is 145 cm³/mol. The smallest absolute Gasteiger partial charge is 0.266 e. The Kier molecular flexibility index (Phi) is 8.20. The Hall–Kier alpha value is -2.46. The first kappa shape index (κ1) is 24.7. The number of benzene rings is 2. The number of hydrogen-bond donors (Lipinski definition) is 1. The molecule has 0 aliphatic carbocycles. The van der Waals surface area contributed by atoms with Gasteiger partial charge in [0, 0.05) is 47.3 Å². The second kappa shape index (κ2) is 11.3. The minimum atomic E-state index is -0.101. The molecule has 0 atom stereocenters. The van der Waals surface area contributed by atoms with E-state index in [1.807, 2.05) is 65.4 Å². The monoisotopic (exact) mass is 557 g/mol. The highest BCUT2D eigenvalue weighted by Gasteiger charge is 2.32. The topological polar surface area (TPSA) is 63.6 Å². The number of hydrogen-bond acceptors (Lipinski definition) is 5. The Labute approximate surface area is 216 Å². The lowest BCUT2D eigenvalue weighted by Crippen LogP contribution is -2.30. The van der Waals surface area contributed by atoms with Gasteiger partial charge in [-0.3, -0.25) is 14.5 Å². The third kappa shape index (κ3) is 5.78. The van der Waals surface area contributed by atoms with Crippen LogP contribution in [0, 0.1) is 0 Å². The van der Waals surface area contributed by atoms with Crippen molar-refractivity contribution in [1.29, 1.82) is 0 Å². The fourth-order valence-corrected chi connectivity index (χ4v) is 5.43. The van der Waals surface area contributed by atoms with E-state index in [0.29, 0.717) is 28.9 Å². The largest absolute Gasteiger partial charge is 0.383 e. The van der Waals surface area contributed by atoms with E-state index in [2.05, 4.69) is 21.2 Å². The number of methoxy groups -OCH3 is 1. The van der Waals surface area contributed by atoms with Crippen LogP contribution < -0.4 is 5.32 Å². The molecule has 1 aliphatic heterocycles. The van der Waals surface area contributed by atoms with Crippen LogP contribution in [0.15, 0.2) is 64.1 Å². The number of ether oxygens (including phenoxy) is 1. The number of thioether (sulfide) groups is 1. The lowest BCUT2D eigenvalue weighted by Gasteiger charge is -2.14. The number of rotatable bonds is 9. The Morgan fingerprint density at radius 1 is 1.24 bits per heavy atom. The third-order valence-corrected chi connectivity index (χ3v) is 7.31. The van der Waals surface area contributed by atoms with E-state index in [1.54, 1.807) is 12.0 Å². The van der Waals surface area contributed by atoms with Crippen LogP contribution in [0.1, 0.15) is 11.1 Å². The maximum atomic E-state index is 13.1. The van der Waals surface area contributed by atoms with E-state index in [9.17, 15) is 9.59 Å². The van der Waals surface area contributed by atoms with Crippen LogP contribution in [0.4, 0.5) is 0 Å². The van der Waals surface area contributed by atoms with Crippen molar-refractivity contribution in [2.45, 2.75) is 13.0 Å². The van der Waals surface area contributed by atoms with Gasteiger partial charge >= 0.3 is 0 Å². The summed E-state index contributed by atoms with van der Waals surface area (Å²) in [5.74, 6) is -0.185. The number of fused-ring (bicyclic) bond motifs is 1. The summed E-state index contributed by atoms with van der Waals surface area (Å²) in [4.78, 5) is 27.8. The lowest BCUT2D eigenvalue weighted by atomic mass is 10.1. The Balaban J connectivity index is 1.56. The molecule has 1 saturated heterocycles.